The lowest BCUT2D eigenvalue weighted by molar-refractivity contribution is 0.181. The van der Waals surface area contributed by atoms with Crippen LogP contribution < -0.4 is 15.0 Å². The van der Waals surface area contributed by atoms with Crippen molar-refractivity contribution in [3.05, 3.63) is 58.6 Å². The summed E-state index contributed by atoms with van der Waals surface area (Å²) in [5.41, 5.74) is 0.851. The van der Waals surface area contributed by atoms with E-state index in [-0.39, 0.29) is 6.10 Å². The number of hydrogen-bond acceptors (Lipinski definition) is 8. The van der Waals surface area contributed by atoms with E-state index < -0.39 is 0 Å². The van der Waals surface area contributed by atoms with Gasteiger partial charge in [0.05, 0.1) is 0 Å². The number of aromatic nitrogens is 4. The van der Waals surface area contributed by atoms with Crippen molar-refractivity contribution < 1.29 is 4.74 Å². The van der Waals surface area contributed by atoms with Gasteiger partial charge in [0.25, 0.3) is 0 Å². The normalized spacial score (nSPS) is 15.2. The van der Waals surface area contributed by atoms with Crippen molar-refractivity contribution in [2.75, 3.05) is 43.4 Å². The highest BCUT2D eigenvalue weighted by Gasteiger charge is 2.23. The second kappa shape index (κ2) is 11.6. The van der Waals surface area contributed by atoms with Gasteiger partial charge >= 0.3 is 0 Å². The molecular weight excluding hydrogens is 473 g/mol. The van der Waals surface area contributed by atoms with Gasteiger partial charge in [0.2, 0.25) is 11.9 Å². The number of nitrogens with one attached hydrogen (secondary N) is 1. The summed E-state index contributed by atoms with van der Waals surface area (Å²) in [6, 6.07) is 8.94. The molecule has 180 valence electrons. The minimum absolute atomic E-state index is 0.373. The van der Waals surface area contributed by atoms with Crippen LogP contribution in [-0.2, 0) is 0 Å². The molecule has 3 aromatic rings. The number of anilines is 3. The van der Waals surface area contributed by atoms with E-state index in [1.165, 1.54) is 0 Å². The fourth-order valence-electron chi connectivity index (χ4n) is 3.68. The fraction of sp³-hybridized carbons (Fsp3) is 0.417. The van der Waals surface area contributed by atoms with Crippen molar-refractivity contribution in [3.8, 4) is 5.75 Å². The highest BCUT2D eigenvalue weighted by Crippen LogP contribution is 2.31. The largest absolute Gasteiger partial charge is 0.482 e. The molecule has 10 heteroatoms. The lowest BCUT2D eigenvalue weighted by Gasteiger charge is -2.32. The van der Waals surface area contributed by atoms with Crippen molar-refractivity contribution in [2.24, 2.45) is 0 Å². The number of pyridine rings is 1. The monoisotopic (exact) mass is 501 g/mol. The number of rotatable bonds is 9. The molecule has 1 unspecified atom stereocenters. The van der Waals surface area contributed by atoms with Gasteiger partial charge < -0.3 is 19.9 Å². The van der Waals surface area contributed by atoms with Crippen LogP contribution in [0.15, 0.2) is 42.7 Å². The number of halogens is 2. The quantitative estimate of drug-likeness (QED) is 0.418. The van der Waals surface area contributed by atoms with E-state index in [2.05, 4.69) is 34.1 Å². The van der Waals surface area contributed by atoms with Crippen molar-refractivity contribution in [3.63, 3.8) is 0 Å². The lowest BCUT2D eigenvalue weighted by Crippen LogP contribution is -2.45. The maximum atomic E-state index is 6.34. The van der Waals surface area contributed by atoms with Crippen LogP contribution in [0.2, 0.25) is 10.0 Å². The van der Waals surface area contributed by atoms with Gasteiger partial charge in [-0.15, -0.1) is 0 Å². The molecule has 1 aliphatic rings. The van der Waals surface area contributed by atoms with Gasteiger partial charge in [-0.25, -0.2) is 0 Å². The summed E-state index contributed by atoms with van der Waals surface area (Å²) >= 11 is 12.4. The number of nitrogens with zero attached hydrogens (tertiary/aromatic N) is 6. The third kappa shape index (κ3) is 6.68. The topological polar surface area (TPSA) is 79.3 Å². The van der Waals surface area contributed by atoms with E-state index in [0.717, 1.165) is 51.1 Å². The summed E-state index contributed by atoms with van der Waals surface area (Å²) in [7, 11) is 2.12. The molecule has 0 bridgehead atoms. The first-order valence-electron chi connectivity index (χ1n) is 11.5. The molecule has 1 fully saturated rings. The molecule has 3 heterocycles. The van der Waals surface area contributed by atoms with Crippen LogP contribution in [-0.4, -0.2) is 58.1 Å². The molecule has 0 radical (unpaired) electrons. The Hall–Kier alpha value is -2.68. The Morgan fingerprint density at radius 3 is 2.38 bits per heavy atom. The molecule has 2 aromatic heterocycles. The van der Waals surface area contributed by atoms with Gasteiger partial charge in [0.15, 0.2) is 11.9 Å². The molecule has 0 amide bonds. The number of hydrogen-bond donors (Lipinski definition) is 1. The van der Waals surface area contributed by atoms with E-state index >= 15 is 0 Å². The maximum Gasteiger partial charge on any atom is 0.232 e. The van der Waals surface area contributed by atoms with Crippen LogP contribution >= 0.6 is 23.2 Å². The second-order valence-corrected chi connectivity index (χ2v) is 9.20. The summed E-state index contributed by atoms with van der Waals surface area (Å²) < 4.78 is 6.34. The molecule has 0 aliphatic carbocycles. The first kappa shape index (κ1) is 24.4. The predicted octanol–water partition coefficient (Wildman–Crippen LogP) is 5.38. The minimum atomic E-state index is -0.373. The van der Waals surface area contributed by atoms with Gasteiger partial charge in [-0.05, 0) is 50.2 Å². The summed E-state index contributed by atoms with van der Waals surface area (Å²) in [4.78, 5) is 22.9. The molecule has 4 rings (SSSR count). The second-order valence-electron chi connectivity index (χ2n) is 8.32. The third-order valence-electron chi connectivity index (χ3n) is 5.59. The first-order chi connectivity index (χ1) is 16.5. The smallest absolute Gasteiger partial charge is 0.232 e. The third-order valence-corrected chi connectivity index (χ3v) is 6.02. The van der Waals surface area contributed by atoms with Crippen LogP contribution in [0.3, 0.4) is 0 Å². The zero-order valence-electron chi connectivity index (χ0n) is 19.4. The summed E-state index contributed by atoms with van der Waals surface area (Å²) in [6.45, 7) is 5.74. The van der Waals surface area contributed by atoms with Crippen LogP contribution in [0.5, 0.6) is 5.75 Å². The van der Waals surface area contributed by atoms with E-state index in [0.29, 0.717) is 33.5 Å². The van der Waals surface area contributed by atoms with Gasteiger partial charge in [-0.2, -0.15) is 15.0 Å². The molecule has 0 saturated carbocycles. The predicted molar refractivity (Wildman–Crippen MR) is 136 cm³/mol. The van der Waals surface area contributed by atoms with Crippen molar-refractivity contribution in [1.29, 1.82) is 0 Å². The summed E-state index contributed by atoms with van der Waals surface area (Å²) in [6.07, 6.45) is 5.81. The van der Waals surface area contributed by atoms with Crippen molar-refractivity contribution in [1.82, 2.24) is 24.8 Å². The van der Waals surface area contributed by atoms with Crippen LogP contribution in [0, 0.1) is 0 Å². The molecule has 1 aromatic carbocycles. The number of benzene rings is 1. The summed E-state index contributed by atoms with van der Waals surface area (Å²) in [5, 5.41) is 4.33. The van der Waals surface area contributed by atoms with Gasteiger partial charge in [0, 0.05) is 54.3 Å². The number of piperazine rings is 1. The van der Waals surface area contributed by atoms with E-state index in [9.17, 15) is 0 Å². The molecule has 8 nitrogen and oxygen atoms in total. The molecule has 0 spiro atoms. The molecule has 34 heavy (non-hydrogen) atoms. The van der Waals surface area contributed by atoms with Gasteiger partial charge in [-0.1, -0.05) is 36.5 Å². The van der Waals surface area contributed by atoms with Crippen molar-refractivity contribution >= 4 is 40.8 Å². The van der Waals surface area contributed by atoms with Crippen LogP contribution in [0.25, 0.3) is 0 Å². The first-order valence-corrected chi connectivity index (χ1v) is 12.2. The molecule has 1 saturated heterocycles. The average Bonchev–Trinajstić information content (AvgIpc) is 2.82. The Labute approximate surface area is 210 Å². The van der Waals surface area contributed by atoms with Crippen LogP contribution in [0.4, 0.5) is 17.6 Å². The Morgan fingerprint density at radius 1 is 1.00 bits per heavy atom. The Kier molecular flexibility index (Phi) is 8.37. The van der Waals surface area contributed by atoms with Gasteiger partial charge in [0.1, 0.15) is 5.75 Å². The van der Waals surface area contributed by atoms with Gasteiger partial charge in [-0.3, -0.25) is 4.98 Å². The minimum Gasteiger partial charge on any atom is -0.482 e. The maximum absolute atomic E-state index is 6.34. The fourth-order valence-corrected chi connectivity index (χ4v) is 4.19. The SMILES string of the molecule is CCCCC(Oc1cc(Cl)cc(Cl)c1)c1nc(Nc2ccncc2)nc(N2CCN(C)CC2)n1. The highest BCUT2D eigenvalue weighted by atomic mass is 35.5. The molecular formula is C24H29Cl2N7O. The number of unbranched alkanes of at least 4 members (excludes halogenated alkanes) is 1. The zero-order valence-corrected chi connectivity index (χ0v) is 20.9. The van der Waals surface area contributed by atoms with Crippen LogP contribution in [0.1, 0.15) is 38.1 Å². The van der Waals surface area contributed by atoms with E-state index in [1.807, 2.05) is 12.1 Å². The molecule has 1 aliphatic heterocycles. The molecule has 1 atom stereocenters. The Balaban J connectivity index is 1.69. The number of ether oxygens (including phenoxy) is 1. The molecule has 1 N–H and O–H groups in total. The summed E-state index contributed by atoms with van der Waals surface area (Å²) in [5.74, 6) is 2.28. The average molecular weight is 502 g/mol. The lowest BCUT2D eigenvalue weighted by atomic mass is 10.1. The van der Waals surface area contributed by atoms with E-state index in [4.69, 9.17) is 42.9 Å². The standard InChI is InChI=1S/C24H29Cl2N7O/c1-3-4-5-21(34-20-15-17(25)14-18(26)16-20)22-29-23(28-19-6-8-27-9-7-19)31-24(30-22)33-12-10-32(2)11-13-33/h6-9,14-16,21H,3-5,10-13H2,1-2H3,(H,27,28,29,30,31). The zero-order chi connectivity index (χ0) is 23.9. The van der Waals surface area contributed by atoms with Crippen molar-refractivity contribution in [2.45, 2.75) is 32.3 Å². The number of likely N-dealkylation sites (N-methyl/N-ethyl adjacent to an activating group) is 1. The Bertz CT molecular complexity index is 1060. The Morgan fingerprint density at radius 2 is 1.71 bits per heavy atom. The van der Waals surface area contributed by atoms with E-state index in [1.54, 1.807) is 30.6 Å². The highest BCUT2D eigenvalue weighted by molar-refractivity contribution is 6.34.